The first kappa shape index (κ1) is 17.7. The summed E-state index contributed by atoms with van der Waals surface area (Å²) < 4.78 is 36.0. The Bertz CT molecular complexity index is 566. The molecule has 0 aromatic heterocycles. The number of anilines is 1. The van der Waals surface area contributed by atoms with Crippen LogP contribution >= 0.6 is 0 Å². The van der Waals surface area contributed by atoms with Crippen LogP contribution in [0.25, 0.3) is 0 Å². The molecule has 0 radical (unpaired) electrons. The van der Waals surface area contributed by atoms with Crippen LogP contribution in [0.3, 0.4) is 0 Å². The Morgan fingerprint density at radius 2 is 1.83 bits per heavy atom. The minimum Gasteiger partial charge on any atom is -0.399 e. The minimum absolute atomic E-state index is 0.463. The van der Waals surface area contributed by atoms with Crippen LogP contribution in [0.2, 0.25) is 0 Å². The fourth-order valence-corrected chi connectivity index (χ4v) is 2.09. The molecular formula is C15H21BF2N2O3. The van der Waals surface area contributed by atoms with Crippen molar-refractivity contribution in [3.05, 3.63) is 24.3 Å². The highest BCUT2D eigenvalue weighted by atomic mass is 19.3. The quantitative estimate of drug-likeness (QED) is 0.835. The zero-order chi connectivity index (χ0) is 17.3. The molecule has 0 aliphatic carbocycles. The molecular weight excluding hydrogens is 305 g/mol. The highest BCUT2D eigenvalue weighted by molar-refractivity contribution is 6.62. The van der Waals surface area contributed by atoms with Gasteiger partial charge in [-0.25, -0.2) is 13.6 Å². The number of carbonyl (C=O) groups is 1. The third-order valence-corrected chi connectivity index (χ3v) is 4.09. The zero-order valence-corrected chi connectivity index (χ0v) is 13.7. The van der Waals surface area contributed by atoms with Gasteiger partial charge in [-0.3, -0.25) is 0 Å². The zero-order valence-electron chi connectivity index (χ0n) is 13.7. The predicted molar refractivity (Wildman–Crippen MR) is 85.2 cm³/mol. The topological polar surface area (TPSA) is 59.6 Å². The summed E-state index contributed by atoms with van der Waals surface area (Å²) in [5, 5.41) is 4.59. The second-order valence-electron chi connectivity index (χ2n) is 6.44. The Balaban J connectivity index is 2.05. The molecule has 1 fully saturated rings. The lowest BCUT2D eigenvalue weighted by Crippen LogP contribution is -2.41. The van der Waals surface area contributed by atoms with Gasteiger partial charge in [-0.05, 0) is 45.3 Å². The summed E-state index contributed by atoms with van der Waals surface area (Å²) >= 11 is 0. The summed E-state index contributed by atoms with van der Waals surface area (Å²) in [5.41, 5.74) is 0.296. The Kier molecular flexibility index (Phi) is 4.96. The van der Waals surface area contributed by atoms with Gasteiger partial charge in [0.1, 0.15) is 0 Å². The molecule has 0 saturated carbocycles. The van der Waals surface area contributed by atoms with E-state index in [9.17, 15) is 13.6 Å². The van der Waals surface area contributed by atoms with Crippen LogP contribution in [0.5, 0.6) is 0 Å². The van der Waals surface area contributed by atoms with Crippen molar-refractivity contribution in [2.75, 3.05) is 11.9 Å². The Labute approximate surface area is 134 Å². The predicted octanol–water partition coefficient (Wildman–Crippen LogP) is 2.37. The third-order valence-electron chi connectivity index (χ3n) is 4.09. The molecule has 0 unspecified atom stereocenters. The van der Waals surface area contributed by atoms with Crippen molar-refractivity contribution in [3.8, 4) is 0 Å². The van der Waals surface area contributed by atoms with E-state index in [2.05, 4.69) is 10.6 Å². The van der Waals surface area contributed by atoms with Crippen LogP contribution in [0.15, 0.2) is 24.3 Å². The van der Waals surface area contributed by atoms with E-state index in [1.54, 1.807) is 18.2 Å². The molecule has 2 amide bonds. The first-order valence-corrected chi connectivity index (χ1v) is 7.39. The van der Waals surface area contributed by atoms with E-state index in [1.165, 1.54) is 0 Å². The van der Waals surface area contributed by atoms with Gasteiger partial charge in [-0.1, -0.05) is 12.1 Å². The maximum absolute atomic E-state index is 12.1. The third kappa shape index (κ3) is 4.20. The van der Waals surface area contributed by atoms with Crippen LogP contribution in [-0.4, -0.2) is 37.3 Å². The van der Waals surface area contributed by atoms with E-state index in [4.69, 9.17) is 9.31 Å². The van der Waals surface area contributed by atoms with Gasteiger partial charge in [0.25, 0.3) is 6.43 Å². The maximum atomic E-state index is 12.1. The number of nitrogens with one attached hydrogen (secondary N) is 2. The van der Waals surface area contributed by atoms with Gasteiger partial charge >= 0.3 is 13.1 Å². The van der Waals surface area contributed by atoms with E-state index in [0.717, 1.165) is 5.46 Å². The summed E-state index contributed by atoms with van der Waals surface area (Å²) in [6.45, 7) is 7.11. The van der Waals surface area contributed by atoms with Crippen molar-refractivity contribution in [2.24, 2.45) is 0 Å². The fourth-order valence-electron chi connectivity index (χ4n) is 2.09. The van der Waals surface area contributed by atoms with E-state index in [0.29, 0.717) is 5.69 Å². The number of benzene rings is 1. The van der Waals surface area contributed by atoms with E-state index >= 15 is 0 Å². The van der Waals surface area contributed by atoms with E-state index < -0.39 is 37.3 Å². The molecule has 2 N–H and O–H groups in total. The van der Waals surface area contributed by atoms with Crippen molar-refractivity contribution in [1.29, 1.82) is 0 Å². The van der Waals surface area contributed by atoms with Crippen molar-refractivity contribution in [2.45, 2.75) is 45.3 Å². The molecule has 1 heterocycles. The molecule has 1 saturated heterocycles. The molecule has 5 nitrogen and oxygen atoms in total. The Hall–Kier alpha value is -1.67. The molecule has 23 heavy (non-hydrogen) atoms. The van der Waals surface area contributed by atoms with Gasteiger partial charge in [0.05, 0.1) is 17.7 Å². The number of carbonyl (C=O) groups excluding carboxylic acids is 1. The fraction of sp³-hybridized carbons (Fsp3) is 0.533. The van der Waals surface area contributed by atoms with Crippen LogP contribution in [0.1, 0.15) is 27.7 Å². The van der Waals surface area contributed by atoms with Crippen LogP contribution in [0.4, 0.5) is 19.3 Å². The van der Waals surface area contributed by atoms with Gasteiger partial charge in [0.2, 0.25) is 0 Å². The summed E-state index contributed by atoms with van der Waals surface area (Å²) in [6.07, 6.45) is -2.59. The second kappa shape index (κ2) is 6.45. The number of halogens is 2. The lowest BCUT2D eigenvalue weighted by molar-refractivity contribution is 0.00578. The lowest BCUT2D eigenvalue weighted by atomic mass is 9.79. The molecule has 1 aromatic rings. The van der Waals surface area contributed by atoms with Gasteiger partial charge in [-0.15, -0.1) is 0 Å². The highest BCUT2D eigenvalue weighted by Gasteiger charge is 2.51. The van der Waals surface area contributed by atoms with Gasteiger partial charge in [0, 0.05) is 5.69 Å². The molecule has 2 rings (SSSR count). The largest absolute Gasteiger partial charge is 0.494 e. The molecule has 1 aliphatic rings. The lowest BCUT2D eigenvalue weighted by Gasteiger charge is -2.32. The van der Waals surface area contributed by atoms with Crippen LogP contribution in [0, 0.1) is 0 Å². The minimum atomic E-state index is -2.59. The Morgan fingerprint density at radius 1 is 1.22 bits per heavy atom. The number of rotatable bonds is 4. The van der Waals surface area contributed by atoms with E-state index in [1.807, 2.05) is 33.8 Å². The first-order valence-electron chi connectivity index (χ1n) is 7.39. The van der Waals surface area contributed by atoms with Crippen molar-refractivity contribution < 1.29 is 22.9 Å². The summed E-state index contributed by atoms with van der Waals surface area (Å²) in [6, 6.07) is 6.24. The SMILES string of the molecule is CC1(C)OB(c2cccc(NC(=O)NCC(F)F)c2)OC1(C)C. The molecule has 1 aliphatic heterocycles. The molecule has 0 spiro atoms. The average molecular weight is 326 g/mol. The number of urea groups is 1. The van der Waals surface area contributed by atoms with Crippen LogP contribution in [-0.2, 0) is 9.31 Å². The van der Waals surface area contributed by atoms with Crippen LogP contribution < -0.4 is 16.1 Å². The molecule has 126 valence electrons. The first-order chi connectivity index (χ1) is 10.6. The number of hydrogen-bond acceptors (Lipinski definition) is 3. The van der Waals surface area contributed by atoms with Gasteiger partial charge < -0.3 is 19.9 Å². The number of alkyl halides is 2. The van der Waals surface area contributed by atoms with Crippen molar-refractivity contribution in [3.63, 3.8) is 0 Å². The molecule has 0 atom stereocenters. The normalized spacial score (nSPS) is 19.0. The average Bonchev–Trinajstić information content (AvgIpc) is 2.66. The summed E-state index contributed by atoms with van der Waals surface area (Å²) in [5.74, 6) is 0. The molecule has 1 aromatic carbocycles. The summed E-state index contributed by atoms with van der Waals surface area (Å²) in [4.78, 5) is 11.5. The number of hydrogen-bond donors (Lipinski definition) is 2. The number of amides is 2. The highest BCUT2D eigenvalue weighted by Crippen LogP contribution is 2.36. The molecule has 0 bridgehead atoms. The van der Waals surface area contributed by atoms with Crippen molar-refractivity contribution >= 4 is 24.3 Å². The second-order valence-corrected chi connectivity index (χ2v) is 6.44. The van der Waals surface area contributed by atoms with Gasteiger partial charge in [-0.2, -0.15) is 0 Å². The molecule has 8 heteroatoms. The monoisotopic (exact) mass is 326 g/mol. The van der Waals surface area contributed by atoms with Crippen molar-refractivity contribution in [1.82, 2.24) is 5.32 Å². The smallest absolute Gasteiger partial charge is 0.399 e. The van der Waals surface area contributed by atoms with E-state index in [-0.39, 0.29) is 0 Å². The summed E-state index contributed by atoms with van der Waals surface area (Å²) in [7, 11) is -0.550. The maximum Gasteiger partial charge on any atom is 0.494 e. The standard InChI is InChI=1S/C15H21BF2N2O3/c1-14(2)15(3,4)23-16(22-14)10-6-5-7-11(8-10)20-13(21)19-9-12(17)18/h5-8,12H,9H2,1-4H3,(H2,19,20,21). The Morgan fingerprint density at radius 3 is 2.39 bits per heavy atom. The van der Waals surface area contributed by atoms with Gasteiger partial charge in [0.15, 0.2) is 0 Å².